The van der Waals surface area contributed by atoms with Crippen LogP contribution >= 0.6 is 0 Å². The van der Waals surface area contributed by atoms with Crippen molar-refractivity contribution >= 4 is 11.6 Å². The zero-order valence-corrected chi connectivity index (χ0v) is 11.9. The summed E-state index contributed by atoms with van der Waals surface area (Å²) < 4.78 is 0. The number of rotatable bonds is 6. The first-order valence-corrected chi connectivity index (χ1v) is 7.07. The fourth-order valence-electron chi connectivity index (χ4n) is 2.06. The zero-order chi connectivity index (χ0) is 13.9. The number of hydrogen-bond donors (Lipinski definition) is 2. The lowest BCUT2D eigenvalue weighted by Gasteiger charge is -2.15. The summed E-state index contributed by atoms with van der Waals surface area (Å²) in [5, 5.41) is 10.7. The Morgan fingerprint density at radius 3 is 2.95 bits per heavy atom. The molecule has 2 aromatic rings. The van der Waals surface area contributed by atoms with Gasteiger partial charge in [0, 0.05) is 25.6 Å². The molecule has 1 fully saturated rings. The number of aromatic nitrogens is 4. The third kappa shape index (κ3) is 2.89. The summed E-state index contributed by atoms with van der Waals surface area (Å²) in [4.78, 5) is 10.6. The lowest BCUT2D eigenvalue weighted by atomic mass is 10.2. The van der Waals surface area contributed by atoms with Gasteiger partial charge in [0.25, 0.3) is 0 Å². The van der Waals surface area contributed by atoms with Crippen LogP contribution in [0.4, 0.5) is 11.6 Å². The van der Waals surface area contributed by atoms with Gasteiger partial charge in [0.05, 0.1) is 17.9 Å². The molecule has 1 aliphatic carbocycles. The minimum absolute atomic E-state index is 0.684. The van der Waals surface area contributed by atoms with E-state index >= 15 is 0 Å². The highest BCUT2D eigenvalue weighted by atomic mass is 15.2. The van der Waals surface area contributed by atoms with Crippen LogP contribution in [0.1, 0.15) is 37.1 Å². The molecule has 2 N–H and O–H groups in total. The molecule has 0 bridgehead atoms. The Labute approximate surface area is 118 Å². The molecule has 0 atom stereocenters. The molecule has 3 rings (SSSR count). The highest BCUT2D eigenvalue weighted by molar-refractivity contribution is 5.47. The average molecular weight is 272 g/mol. The van der Waals surface area contributed by atoms with Gasteiger partial charge in [-0.3, -0.25) is 5.10 Å². The zero-order valence-electron chi connectivity index (χ0n) is 11.9. The number of aromatic amines is 1. The smallest absolute Gasteiger partial charge is 0.133 e. The van der Waals surface area contributed by atoms with E-state index in [1.807, 2.05) is 13.1 Å². The van der Waals surface area contributed by atoms with Gasteiger partial charge >= 0.3 is 0 Å². The molecule has 0 amide bonds. The van der Waals surface area contributed by atoms with Crippen molar-refractivity contribution in [1.29, 1.82) is 0 Å². The van der Waals surface area contributed by atoms with E-state index < -0.39 is 0 Å². The quantitative estimate of drug-likeness (QED) is 0.843. The second-order valence-corrected chi connectivity index (χ2v) is 5.22. The molecule has 0 aromatic carbocycles. The van der Waals surface area contributed by atoms with E-state index in [-0.39, 0.29) is 0 Å². The molecule has 0 radical (unpaired) electrons. The van der Waals surface area contributed by atoms with Crippen LogP contribution in [-0.4, -0.2) is 33.8 Å². The van der Waals surface area contributed by atoms with Crippen molar-refractivity contribution in [1.82, 2.24) is 20.2 Å². The molecule has 2 heterocycles. The number of H-pyrrole nitrogens is 1. The van der Waals surface area contributed by atoms with Gasteiger partial charge in [-0.1, -0.05) is 0 Å². The predicted octanol–water partition coefficient (Wildman–Crippen LogP) is 2.15. The first kappa shape index (κ1) is 12.9. The highest BCUT2D eigenvalue weighted by Crippen LogP contribution is 2.39. The Morgan fingerprint density at radius 2 is 2.20 bits per heavy atom. The molecule has 0 saturated heterocycles. The molecule has 0 spiro atoms. The highest BCUT2D eigenvalue weighted by Gasteiger charge is 2.25. The van der Waals surface area contributed by atoms with Crippen molar-refractivity contribution in [3.8, 4) is 0 Å². The van der Waals surface area contributed by atoms with Crippen LogP contribution in [0.3, 0.4) is 0 Å². The van der Waals surface area contributed by atoms with Crippen molar-refractivity contribution in [2.24, 2.45) is 0 Å². The third-order valence-electron chi connectivity index (χ3n) is 3.62. The van der Waals surface area contributed by atoms with Crippen molar-refractivity contribution in [2.45, 2.75) is 32.2 Å². The van der Waals surface area contributed by atoms with Crippen molar-refractivity contribution in [3.63, 3.8) is 0 Å². The number of hydrogen-bond acceptors (Lipinski definition) is 5. The Morgan fingerprint density at radius 1 is 1.35 bits per heavy atom. The Balaban J connectivity index is 1.62. The average Bonchev–Trinajstić information content (AvgIpc) is 3.23. The molecule has 1 saturated carbocycles. The first-order valence-electron chi connectivity index (χ1n) is 7.07. The molecule has 20 heavy (non-hydrogen) atoms. The molecule has 0 aliphatic heterocycles. The van der Waals surface area contributed by atoms with E-state index in [1.165, 1.54) is 18.5 Å². The molecule has 6 nitrogen and oxygen atoms in total. The number of nitrogens with zero attached hydrogens (tertiary/aromatic N) is 4. The van der Waals surface area contributed by atoms with Crippen LogP contribution in [0.15, 0.2) is 18.5 Å². The second kappa shape index (κ2) is 5.48. The van der Waals surface area contributed by atoms with Gasteiger partial charge in [0.2, 0.25) is 0 Å². The maximum Gasteiger partial charge on any atom is 0.133 e. The number of anilines is 2. The second-order valence-electron chi connectivity index (χ2n) is 5.22. The fraction of sp³-hybridized carbons (Fsp3) is 0.500. The van der Waals surface area contributed by atoms with Crippen LogP contribution < -0.4 is 10.2 Å². The summed E-state index contributed by atoms with van der Waals surface area (Å²) in [6, 6.07) is 4.10. The molecule has 0 unspecified atom stereocenters. The largest absolute Gasteiger partial charge is 0.364 e. The topological polar surface area (TPSA) is 69.7 Å². The Kier molecular flexibility index (Phi) is 3.54. The molecule has 6 heteroatoms. The standard InChI is InChI=1S/C14H20N6/c1-3-20(2)14-7-13(16-9-17-14)15-8-11-6-12(19-18-11)10-4-5-10/h6-7,9-10H,3-5,8H2,1-2H3,(H,18,19)(H,15,16,17). The first-order chi connectivity index (χ1) is 9.76. The Bertz CT molecular complexity index is 575. The monoisotopic (exact) mass is 272 g/mol. The van der Waals surface area contributed by atoms with Crippen molar-refractivity contribution in [3.05, 3.63) is 29.8 Å². The van der Waals surface area contributed by atoms with Crippen LogP contribution in [0.2, 0.25) is 0 Å². The van der Waals surface area contributed by atoms with Gasteiger partial charge in [-0.25, -0.2) is 9.97 Å². The molecule has 106 valence electrons. The maximum absolute atomic E-state index is 4.34. The summed E-state index contributed by atoms with van der Waals surface area (Å²) in [6.07, 6.45) is 4.14. The van der Waals surface area contributed by atoms with E-state index in [9.17, 15) is 0 Å². The van der Waals surface area contributed by atoms with Gasteiger partial charge in [-0.2, -0.15) is 5.10 Å². The maximum atomic E-state index is 4.34. The minimum atomic E-state index is 0.684. The molecular formula is C14H20N6. The van der Waals surface area contributed by atoms with E-state index in [2.05, 4.69) is 43.4 Å². The van der Waals surface area contributed by atoms with Gasteiger partial charge in [0.15, 0.2) is 0 Å². The van der Waals surface area contributed by atoms with E-state index in [1.54, 1.807) is 6.33 Å². The van der Waals surface area contributed by atoms with Crippen LogP contribution in [0, 0.1) is 0 Å². The number of nitrogens with one attached hydrogen (secondary N) is 2. The lowest BCUT2D eigenvalue weighted by Crippen LogP contribution is -2.17. The van der Waals surface area contributed by atoms with Crippen molar-refractivity contribution < 1.29 is 0 Å². The molecule has 1 aliphatic rings. The van der Waals surface area contributed by atoms with Crippen molar-refractivity contribution in [2.75, 3.05) is 23.8 Å². The predicted molar refractivity (Wildman–Crippen MR) is 78.9 cm³/mol. The van der Waals surface area contributed by atoms with Gasteiger partial charge in [-0.05, 0) is 25.8 Å². The van der Waals surface area contributed by atoms with Crippen LogP contribution in [0.25, 0.3) is 0 Å². The van der Waals surface area contributed by atoms with E-state index in [0.717, 1.165) is 23.9 Å². The SMILES string of the molecule is CCN(C)c1cc(NCc2cc(C3CC3)n[nH]2)ncn1. The van der Waals surface area contributed by atoms with Gasteiger partial charge < -0.3 is 10.2 Å². The van der Waals surface area contributed by atoms with E-state index in [0.29, 0.717) is 12.5 Å². The van der Waals surface area contributed by atoms with Crippen LogP contribution in [-0.2, 0) is 6.54 Å². The molecular weight excluding hydrogens is 252 g/mol. The van der Waals surface area contributed by atoms with Gasteiger partial charge in [-0.15, -0.1) is 0 Å². The summed E-state index contributed by atoms with van der Waals surface area (Å²) in [5.74, 6) is 2.44. The summed E-state index contributed by atoms with van der Waals surface area (Å²) in [6.45, 7) is 3.72. The fourth-order valence-corrected chi connectivity index (χ4v) is 2.06. The lowest BCUT2D eigenvalue weighted by molar-refractivity contribution is 0.918. The normalized spacial score (nSPS) is 14.3. The minimum Gasteiger partial charge on any atom is -0.364 e. The molecule has 2 aromatic heterocycles. The van der Waals surface area contributed by atoms with Gasteiger partial charge in [0.1, 0.15) is 18.0 Å². The summed E-state index contributed by atoms with van der Waals surface area (Å²) >= 11 is 0. The van der Waals surface area contributed by atoms with E-state index in [4.69, 9.17) is 0 Å². The Hall–Kier alpha value is -2.11. The summed E-state index contributed by atoms with van der Waals surface area (Å²) in [7, 11) is 2.02. The third-order valence-corrected chi connectivity index (χ3v) is 3.62. The summed E-state index contributed by atoms with van der Waals surface area (Å²) in [5.41, 5.74) is 2.28. The van der Waals surface area contributed by atoms with Crippen LogP contribution in [0.5, 0.6) is 0 Å².